The number of anilines is 2. The number of sulfone groups is 1. The second kappa shape index (κ2) is 7.07. The van der Waals surface area contributed by atoms with Crippen molar-refractivity contribution in [2.45, 2.75) is 18.6 Å². The topological polar surface area (TPSA) is 116 Å². The number of hydrogen-bond donors (Lipinski definition) is 2. The van der Waals surface area contributed by atoms with Crippen LogP contribution in [0.15, 0.2) is 24.3 Å². The van der Waals surface area contributed by atoms with Crippen LogP contribution in [0.3, 0.4) is 0 Å². The number of esters is 1. The first kappa shape index (κ1) is 17.0. The molecule has 7 nitrogen and oxygen atoms in total. The van der Waals surface area contributed by atoms with Gasteiger partial charge in [0, 0.05) is 0 Å². The second-order valence-corrected chi connectivity index (χ2v) is 6.85. The fraction of sp³-hybridized carbons (Fsp3) is 0.385. The number of para-hydroxylation sites is 2. The Bertz CT molecular complexity index is 627. The molecule has 0 aromatic heterocycles. The maximum absolute atomic E-state index is 12.0. The van der Waals surface area contributed by atoms with Gasteiger partial charge in [0.25, 0.3) is 0 Å². The van der Waals surface area contributed by atoms with Gasteiger partial charge in [-0.25, -0.2) is 8.42 Å². The summed E-state index contributed by atoms with van der Waals surface area (Å²) in [5.74, 6) is -1.78. The van der Waals surface area contributed by atoms with Crippen LogP contribution >= 0.6 is 0 Å². The fourth-order valence-electron chi connectivity index (χ4n) is 1.51. The minimum absolute atomic E-state index is 0.288. The van der Waals surface area contributed by atoms with E-state index in [4.69, 9.17) is 5.73 Å². The van der Waals surface area contributed by atoms with Crippen LogP contribution in [-0.2, 0) is 24.2 Å². The molecule has 0 radical (unpaired) electrons. The molecular weight excluding hydrogens is 296 g/mol. The van der Waals surface area contributed by atoms with Crippen molar-refractivity contribution in [3.63, 3.8) is 0 Å². The summed E-state index contributed by atoms with van der Waals surface area (Å²) in [4.78, 5) is 22.9. The molecule has 0 saturated heterocycles. The van der Waals surface area contributed by atoms with Crippen molar-refractivity contribution < 1.29 is 22.7 Å². The Balaban J connectivity index is 2.73. The van der Waals surface area contributed by atoms with Crippen LogP contribution in [0.25, 0.3) is 0 Å². The molecule has 1 amide bonds. The first-order valence-corrected chi connectivity index (χ1v) is 7.93. The zero-order chi connectivity index (χ0) is 16.0. The maximum Gasteiger partial charge on any atom is 0.306 e. The summed E-state index contributed by atoms with van der Waals surface area (Å²) in [6.07, 6.45) is -0.288. The number of methoxy groups -OCH3 is 1. The molecule has 1 unspecified atom stereocenters. The van der Waals surface area contributed by atoms with E-state index < -0.39 is 32.7 Å². The van der Waals surface area contributed by atoms with Gasteiger partial charge in [-0.1, -0.05) is 12.1 Å². The zero-order valence-corrected chi connectivity index (χ0v) is 12.6. The van der Waals surface area contributed by atoms with Crippen LogP contribution in [0, 0.1) is 0 Å². The van der Waals surface area contributed by atoms with Crippen LogP contribution < -0.4 is 11.1 Å². The van der Waals surface area contributed by atoms with Crippen molar-refractivity contribution in [3.8, 4) is 0 Å². The summed E-state index contributed by atoms with van der Waals surface area (Å²) in [5, 5.41) is 1.17. The lowest BCUT2D eigenvalue weighted by molar-refractivity contribution is -0.140. The summed E-state index contributed by atoms with van der Waals surface area (Å²) in [7, 11) is -2.58. The van der Waals surface area contributed by atoms with E-state index in [0.29, 0.717) is 11.4 Å². The van der Waals surface area contributed by atoms with Crippen LogP contribution in [0.4, 0.5) is 11.4 Å². The second-order valence-electron chi connectivity index (χ2n) is 4.41. The molecule has 1 atom stereocenters. The third kappa shape index (κ3) is 4.75. The molecule has 0 aliphatic rings. The molecule has 0 spiro atoms. The molecule has 8 heteroatoms. The van der Waals surface area contributed by atoms with E-state index in [0.717, 1.165) is 0 Å². The SMILES string of the molecule is COC(=O)CCS(=O)(=O)C(C)C(=O)Nc1ccccc1N. The molecule has 0 fully saturated rings. The molecular formula is C13H18N2O5S. The van der Waals surface area contributed by atoms with Crippen LogP contribution in [-0.4, -0.2) is 38.4 Å². The Morgan fingerprint density at radius 3 is 2.52 bits per heavy atom. The standard InChI is InChI=1S/C13H18N2O5S/c1-9(21(18,19)8-7-12(16)20-2)13(17)15-11-6-4-3-5-10(11)14/h3-6,9H,7-8,14H2,1-2H3,(H,15,17). The summed E-state index contributed by atoms with van der Waals surface area (Å²) >= 11 is 0. The van der Waals surface area contributed by atoms with Gasteiger partial charge in [0.2, 0.25) is 5.91 Å². The lowest BCUT2D eigenvalue weighted by atomic mass is 10.2. The van der Waals surface area contributed by atoms with Crippen LogP contribution in [0.2, 0.25) is 0 Å². The van der Waals surface area contributed by atoms with Gasteiger partial charge in [0.05, 0.1) is 30.7 Å². The van der Waals surface area contributed by atoms with Gasteiger partial charge in [-0.05, 0) is 19.1 Å². The number of nitrogen functional groups attached to an aromatic ring is 1. The lowest BCUT2D eigenvalue weighted by Crippen LogP contribution is -2.34. The highest BCUT2D eigenvalue weighted by atomic mass is 32.2. The summed E-state index contributed by atoms with van der Waals surface area (Å²) in [6, 6.07) is 6.52. The van der Waals surface area contributed by atoms with Gasteiger partial charge in [0.15, 0.2) is 9.84 Å². The Hall–Kier alpha value is -2.09. The number of amides is 1. The van der Waals surface area contributed by atoms with Crippen molar-refractivity contribution in [1.82, 2.24) is 0 Å². The quantitative estimate of drug-likeness (QED) is 0.586. The zero-order valence-electron chi connectivity index (χ0n) is 11.8. The number of nitrogens with two attached hydrogens (primary N) is 1. The first-order valence-electron chi connectivity index (χ1n) is 6.21. The molecule has 3 N–H and O–H groups in total. The predicted octanol–water partition coefficient (Wildman–Crippen LogP) is 0.574. The van der Waals surface area contributed by atoms with Crippen molar-refractivity contribution in [2.75, 3.05) is 23.9 Å². The number of carbonyl (C=O) groups is 2. The monoisotopic (exact) mass is 314 g/mol. The minimum atomic E-state index is -3.75. The van der Waals surface area contributed by atoms with E-state index in [9.17, 15) is 18.0 Å². The molecule has 116 valence electrons. The van der Waals surface area contributed by atoms with Gasteiger partial charge in [-0.2, -0.15) is 0 Å². The van der Waals surface area contributed by atoms with Crippen molar-refractivity contribution in [2.24, 2.45) is 0 Å². The molecule has 0 aliphatic carbocycles. The van der Waals surface area contributed by atoms with Crippen molar-refractivity contribution in [3.05, 3.63) is 24.3 Å². The molecule has 1 aromatic rings. The predicted molar refractivity (Wildman–Crippen MR) is 79.4 cm³/mol. The third-order valence-electron chi connectivity index (χ3n) is 2.94. The van der Waals surface area contributed by atoms with Crippen LogP contribution in [0.1, 0.15) is 13.3 Å². The molecule has 1 rings (SSSR count). The number of hydrogen-bond acceptors (Lipinski definition) is 6. The number of rotatable bonds is 6. The number of carbonyl (C=O) groups excluding carboxylic acids is 2. The van der Waals surface area contributed by atoms with Gasteiger partial charge < -0.3 is 15.8 Å². The summed E-state index contributed by atoms with van der Waals surface area (Å²) in [5.41, 5.74) is 6.35. The average Bonchev–Trinajstić information content (AvgIpc) is 2.46. The smallest absolute Gasteiger partial charge is 0.306 e. The lowest BCUT2D eigenvalue weighted by Gasteiger charge is -2.14. The van der Waals surface area contributed by atoms with Gasteiger partial charge in [-0.15, -0.1) is 0 Å². The van der Waals surface area contributed by atoms with Crippen LogP contribution in [0.5, 0.6) is 0 Å². The molecule has 0 aliphatic heterocycles. The Labute approximate surface area is 123 Å². The highest BCUT2D eigenvalue weighted by Gasteiger charge is 2.28. The summed E-state index contributed by atoms with van der Waals surface area (Å²) in [6.45, 7) is 1.26. The van der Waals surface area contributed by atoms with E-state index in [1.165, 1.54) is 14.0 Å². The largest absolute Gasteiger partial charge is 0.469 e. The number of ether oxygens (including phenoxy) is 1. The summed E-state index contributed by atoms with van der Waals surface area (Å²) < 4.78 is 28.3. The first-order chi connectivity index (χ1) is 9.77. The molecule has 0 heterocycles. The van der Waals surface area contributed by atoms with Crippen molar-refractivity contribution >= 4 is 33.1 Å². The van der Waals surface area contributed by atoms with Gasteiger partial charge in [-0.3, -0.25) is 9.59 Å². The van der Waals surface area contributed by atoms with Gasteiger partial charge >= 0.3 is 5.97 Å². The molecule has 0 bridgehead atoms. The van der Waals surface area contributed by atoms with E-state index >= 15 is 0 Å². The Kier molecular flexibility index (Phi) is 5.71. The Morgan fingerprint density at radius 2 is 1.95 bits per heavy atom. The Morgan fingerprint density at radius 1 is 1.33 bits per heavy atom. The molecule has 0 saturated carbocycles. The van der Waals surface area contributed by atoms with Gasteiger partial charge in [0.1, 0.15) is 5.25 Å². The van der Waals surface area contributed by atoms with E-state index in [-0.39, 0.29) is 6.42 Å². The molecule has 1 aromatic carbocycles. The average molecular weight is 314 g/mol. The van der Waals surface area contributed by atoms with E-state index in [1.54, 1.807) is 24.3 Å². The number of benzene rings is 1. The van der Waals surface area contributed by atoms with E-state index in [1.807, 2.05) is 0 Å². The molecule has 21 heavy (non-hydrogen) atoms. The van der Waals surface area contributed by atoms with E-state index in [2.05, 4.69) is 10.1 Å². The minimum Gasteiger partial charge on any atom is -0.469 e. The number of nitrogens with one attached hydrogen (secondary N) is 1. The van der Waals surface area contributed by atoms with Crippen molar-refractivity contribution in [1.29, 1.82) is 0 Å². The fourth-order valence-corrected chi connectivity index (χ4v) is 2.70. The highest BCUT2D eigenvalue weighted by Crippen LogP contribution is 2.18. The highest BCUT2D eigenvalue weighted by molar-refractivity contribution is 7.92. The maximum atomic E-state index is 12.0. The third-order valence-corrected chi connectivity index (χ3v) is 5.01. The normalized spacial score (nSPS) is 12.5.